The number of nitrogens with zero attached hydrogens (tertiary/aromatic N) is 3. The minimum Gasteiger partial charge on any atom is -0.503 e. The summed E-state index contributed by atoms with van der Waals surface area (Å²) in [6, 6.07) is 18.8. The number of hydrogen-bond donors (Lipinski definition) is 1. The quantitative estimate of drug-likeness (QED) is 0.145. The molecule has 2 aromatic carbocycles. The molecule has 0 bridgehead atoms. The summed E-state index contributed by atoms with van der Waals surface area (Å²) in [5.41, 5.74) is 4.22. The highest BCUT2D eigenvalue weighted by Gasteiger charge is 2.46. The van der Waals surface area contributed by atoms with Crippen molar-refractivity contribution in [3.8, 4) is 0 Å². The van der Waals surface area contributed by atoms with E-state index >= 15 is 0 Å². The Balaban J connectivity index is 1.49. The largest absolute Gasteiger partial charge is 0.503 e. The standard InChI is InChI=1S/C29H27N3O3S3/c1-17-7-9-18(10-8-17)16-37-28-31-30-27(38-28)32-23(19-11-13-20(14-12-19)29(2,3)4)22(25(34)26(32)35)24(33)21-6-5-15-36-21/h5-15,23,34H,16H2,1-4H3. The number of amides is 1. The van der Waals surface area contributed by atoms with Gasteiger partial charge in [-0.25, -0.2) is 0 Å². The van der Waals surface area contributed by atoms with Crippen LogP contribution in [-0.4, -0.2) is 27.0 Å². The number of thioether (sulfide) groups is 1. The molecule has 1 atom stereocenters. The van der Waals surface area contributed by atoms with Crippen LogP contribution in [0.15, 0.2) is 81.7 Å². The molecular weight excluding hydrogens is 535 g/mol. The number of benzene rings is 2. The number of hydrogen-bond acceptors (Lipinski definition) is 8. The topological polar surface area (TPSA) is 83.4 Å². The van der Waals surface area contributed by atoms with Crippen LogP contribution in [0.1, 0.15) is 58.7 Å². The van der Waals surface area contributed by atoms with Gasteiger partial charge in [0.25, 0.3) is 5.91 Å². The third-order valence-electron chi connectivity index (χ3n) is 6.37. The van der Waals surface area contributed by atoms with Crippen LogP contribution in [0.25, 0.3) is 0 Å². The summed E-state index contributed by atoms with van der Waals surface area (Å²) in [5.74, 6) is -0.846. The lowest BCUT2D eigenvalue weighted by molar-refractivity contribution is -0.117. The maximum Gasteiger partial charge on any atom is 0.296 e. The van der Waals surface area contributed by atoms with E-state index in [9.17, 15) is 14.7 Å². The molecule has 194 valence electrons. The fourth-order valence-corrected chi connectivity index (χ4v) is 6.74. The molecule has 1 aliphatic heterocycles. The van der Waals surface area contributed by atoms with Crippen LogP contribution >= 0.6 is 34.4 Å². The van der Waals surface area contributed by atoms with E-state index in [4.69, 9.17) is 0 Å². The number of aliphatic hydroxyl groups excluding tert-OH is 1. The number of thiophene rings is 1. The Morgan fingerprint density at radius 1 is 1.05 bits per heavy atom. The number of ketones is 1. The molecule has 0 spiro atoms. The normalized spacial score (nSPS) is 15.9. The monoisotopic (exact) mass is 561 g/mol. The summed E-state index contributed by atoms with van der Waals surface area (Å²) in [6.07, 6.45) is 0. The fourth-order valence-electron chi connectivity index (χ4n) is 4.24. The van der Waals surface area contributed by atoms with Crippen LogP contribution in [0.5, 0.6) is 0 Å². The Kier molecular flexibility index (Phi) is 7.26. The lowest BCUT2D eigenvalue weighted by atomic mass is 9.85. The average Bonchev–Trinajstić information content (AvgIpc) is 3.64. The molecule has 1 unspecified atom stereocenters. The minimum atomic E-state index is -0.811. The first-order valence-electron chi connectivity index (χ1n) is 12.1. The number of aromatic nitrogens is 2. The van der Waals surface area contributed by atoms with Crippen molar-refractivity contribution in [1.82, 2.24) is 10.2 Å². The van der Waals surface area contributed by atoms with Gasteiger partial charge in [0.05, 0.1) is 16.5 Å². The molecule has 1 aliphatic rings. The van der Waals surface area contributed by atoms with Gasteiger partial charge in [-0.3, -0.25) is 14.5 Å². The molecule has 0 aliphatic carbocycles. The predicted molar refractivity (Wildman–Crippen MR) is 154 cm³/mol. The zero-order valence-corrected chi connectivity index (χ0v) is 23.9. The van der Waals surface area contributed by atoms with Gasteiger partial charge in [0.1, 0.15) is 0 Å². The van der Waals surface area contributed by atoms with E-state index in [2.05, 4.69) is 62.2 Å². The van der Waals surface area contributed by atoms with Gasteiger partial charge in [-0.2, -0.15) is 0 Å². The number of Topliss-reactive ketones (excluding diaryl/α,β-unsaturated/α-hetero) is 1. The second-order valence-corrected chi connectivity index (χ2v) is 13.3. The molecule has 1 amide bonds. The van der Waals surface area contributed by atoms with Crippen molar-refractivity contribution in [2.24, 2.45) is 0 Å². The number of carbonyl (C=O) groups excluding carboxylic acids is 2. The number of rotatable bonds is 7. The Hall–Kier alpha value is -3.27. The van der Waals surface area contributed by atoms with Crippen molar-refractivity contribution in [2.45, 2.75) is 49.2 Å². The summed E-state index contributed by atoms with van der Waals surface area (Å²) < 4.78 is 0.702. The van der Waals surface area contributed by atoms with Crippen molar-refractivity contribution in [2.75, 3.05) is 4.90 Å². The predicted octanol–water partition coefficient (Wildman–Crippen LogP) is 7.28. The molecule has 2 aromatic heterocycles. The van der Waals surface area contributed by atoms with Crippen LogP contribution in [0.4, 0.5) is 5.13 Å². The molecule has 9 heteroatoms. The Morgan fingerprint density at radius 3 is 2.39 bits per heavy atom. The molecule has 0 radical (unpaired) electrons. The van der Waals surface area contributed by atoms with Crippen molar-refractivity contribution in [3.05, 3.63) is 105 Å². The van der Waals surface area contributed by atoms with Gasteiger partial charge in [0.15, 0.2) is 10.1 Å². The van der Waals surface area contributed by atoms with Crippen molar-refractivity contribution in [3.63, 3.8) is 0 Å². The van der Waals surface area contributed by atoms with Crippen molar-refractivity contribution in [1.29, 1.82) is 0 Å². The maximum absolute atomic E-state index is 13.5. The molecular formula is C29H27N3O3S3. The highest BCUT2D eigenvalue weighted by atomic mass is 32.2. The SMILES string of the molecule is Cc1ccc(CSc2nnc(N3C(=O)C(O)=C(C(=O)c4cccs4)C3c3ccc(C(C)(C)C)cc3)s2)cc1. The van der Waals surface area contributed by atoms with Crippen LogP contribution in [0.3, 0.4) is 0 Å². The lowest BCUT2D eigenvalue weighted by Gasteiger charge is -2.25. The molecule has 1 N–H and O–H groups in total. The summed E-state index contributed by atoms with van der Waals surface area (Å²) in [7, 11) is 0. The van der Waals surface area contributed by atoms with Gasteiger partial charge < -0.3 is 5.11 Å². The third kappa shape index (κ3) is 5.18. The molecule has 0 saturated heterocycles. The van der Waals surface area contributed by atoms with Crippen LogP contribution in [0, 0.1) is 6.92 Å². The summed E-state index contributed by atoms with van der Waals surface area (Å²) in [5, 5.41) is 21.7. The number of aliphatic hydroxyl groups is 1. The number of anilines is 1. The first kappa shape index (κ1) is 26.3. The summed E-state index contributed by atoms with van der Waals surface area (Å²) in [6.45, 7) is 8.43. The minimum absolute atomic E-state index is 0.0554. The van der Waals surface area contributed by atoms with Gasteiger partial charge in [0.2, 0.25) is 10.9 Å². The number of carbonyl (C=O) groups is 2. The Morgan fingerprint density at radius 2 is 1.76 bits per heavy atom. The molecule has 0 saturated carbocycles. The van der Waals surface area contributed by atoms with E-state index in [1.165, 1.54) is 44.9 Å². The zero-order valence-electron chi connectivity index (χ0n) is 21.5. The smallest absolute Gasteiger partial charge is 0.296 e. The molecule has 4 aromatic rings. The molecule has 38 heavy (non-hydrogen) atoms. The van der Waals surface area contributed by atoms with Crippen LogP contribution in [-0.2, 0) is 16.0 Å². The maximum atomic E-state index is 13.5. The summed E-state index contributed by atoms with van der Waals surface area (Å²) >= 11 is 4.09. The van der Waals surface area contributed by atoms with E-state index in [1.807, 2.05) is 24.3 Å². The first-order valence-corrected chi connectivity index (χ1v) is 14.8. The zero-order chi connectivity index (χ0) is 27.0. The Labute approximate surface area is 234 Å². The van der Waals surface area contributed by atoms with E-state index in [1.54, 1.807) is 17.5 Å². The molecule has 6 nitrogen and oxygen atoms in total. The first-order chi connectivity index (χ1) is 18.1. The third-order valence-corrected chi connectivity index (χ3v) is 9.37. The number of aryl methyl sites for hydroxylation is 1. The summed E-state index contributed by atoms with van der Waals surface area (Å²) in [4.78, 5) is 28.8. The van der Waals surface area contributed by atoms with Gasteiger partial charge in [-0.1, -0.05) is 104 Å². The van der Waals surface area contributed by atoms with E-state index in [0.717, 1.165) is 16.7 Å². The average molecular weight is 562 g/mol. The van der Waals surface area contributed by atoms with Crippen molar-refractivity contribution < 1.29 is 14.7 Å². The highest BCUT2D eigenvalue weighted by molar-refractivity contribution is 8.00. The van der Waals surface area contributed by atoms with Crippen molar-refractivity contribution >= 4 is 51.3 Å². The van der Waals surface area contributed by atoms with E-state index in [0.29, 0.717) is 20.1 Å². The second kappa shape index (κ2) is 10.5. The molecule has 3 heterocycles. The van der Waals surface area contributed by atoms with E-state index in [-0.39, 0.29) is 16.8 Å². The Bertz CT molecular complexity index is 1500. The molecule has 5 rings (SSSR count). The second-order valence-electron chi connectivity index (χ2n) is 10.1. The lowest BCUT2D eigenvalue weighted by Crippen LogP contribution is -2.31. The van der Waals surface area contributed by atoms with Crippen LogP contribution in [0.2, 0.25) is 0 Å². The van der Waals surface area contributed by atoms with E-state index < -0.39 is 17.7 Å². The fraction of sp³-hybridized carbons (Fsp3) is 0.241. The van der Waals surface area contributed by atoms with Gasteiger partial charge in [0, 0.05) is 5.75 Å². The van der Waals surface area contributed by atoms with Gasteiger partial charge >= 0.3 is 0 Å². The molecule has 0 fully saturated rings. The van der Waals surface area contributed by atoms with Crippen LogP contribution < -0.4 is 4.90 Å². The highest BCUT2D eigenvalue weighted by Crippen LogP contribution is 2.44. The van der Waals surface area contributed by atoms with Gasteiger partial charge in [-0.15, -0.1) is 21.5 Å². The van der Waals surface area contributed by atoms with Gasteiger partial charge in [-0.05, 0) is 40.5 Å².